The number of aryl methyl sites for hydroxylation is 1. The average molecular weight is 293 g/mol. The van der Waals surface area contributed by atoms with Gasteiger partial charge in [0.1, 0.15) is 18.5 Å². The molecule has 118 valence electrons. The summed E-state index contributed by atoms with van der Waals surface area (Å²) in [6.07, 6.45) is 4.17. The number of carbonyl (C=O) groups excluding carboxylic acids is 1. The van der Waals surface area contributed by atoms with E-state index in [2.05, 4.69) is 12.2 Å². The third kappa shape index (κ3) is 7.71. The molecule has 1 atom stereocenters. The molecule has 1 aromatic rings. The first kappa shape index (κ1) is 17.5. The third-order valence-corrected chi connectivity index (χ3v) is 3.32. The second-order valence-electron chi connectivity index (χ2n) is 5.35. The summed E-state index contributed by atoms with van der Waals surface area (Å²) < 4.78 is 5.54. The van der Waals surface area contributed by atoms with Crippen molar-refractivity contribution >= 4 is 5.91 Å². The van der Waals surface area contributed by atoms with Gasteiger partial charge in [0.2, 0.25) is 5.91 Å². The van der Waals surface area contributed by atoms with E-state index in [1.165, 1.54) is 6.42 Å². The molecule has 0 bridgehead atoms. The van der Waals surface area contributed by atoms with Crippen molar-refractivity contribution in [3.05, 3.63) is 29.8 Å². The fourth-order valence-electron chi connectivity index (χ4n) is 2.00. The molecule has 1 unspecified atom stereocenters. The normalized spacial score (nSPS) is 12.0. The maximum Gasteiger partial charge on any atom is 0.220 e. The number of aliphatic hydroxyl groups excluding tert-OH is 1. The van der Waals surface area contributed by atoms with Crippen LogP contribution in [0.5, 0.6) is 5.75 Å². The van der Waals surface area contributed by atoms with Crippen LogP contribution in [0.4, 0.5) is 0 Å². The largest absolute Gasteiger partial charge is 0.491 e. The molecule has 0 spiro atoms. The zero-order valence-electron chi connectivity index (χ0n) is 13.1. The van der Waals surface area contributed by atoms with Crippen molar-refractivity contribution < 1.29 is 14.6 Å². The van der Waals surface area contributed by atoms with Gasteiger partial charge in [0, 0.05) is 13.0 Å². The van der Waals surface area contributed by atoms with Crippen molar-refractivity contribution in [2.24, 2.45) is 0 Å². The van der Waals surface area contributed by atoms with Gasteiger partial charge in [0.05, 0.1) is 0 Å². The second kappa shape index (κ2) is 10.2. The molecule has 0 aliphatic rings. The first-order chi connectivity index (χ1) is 10.1. The van der Waals surface area contributed by atoms with Crippen molar-refractivity contribution in [3.63, 3.8) is 0 Å². The lowest BCUT2D eigenvalue weighted by Gasteiger charge is -2.14. The SMILES string of the molecule is CCCCCCC(=O)NCC(O)COc1ccccc1C. The molecule has 0 radical (unpaired) electrons. The molecular formula is C17H27NO3. The molecule has 2 N–H and O–H groups in total. The summed E-state index contributed by atoms with van der Waals surface area (Å²) in [6.45, 7) is 4.52. The van der Waals surface area contributed by atoms with Crippen LogP contribution >= 0.6 is 0 Å². The third-order valence-electron chi connectivity index (χ3n) is 3.32. The zero-order valence-corrected chi connectivity index (χ0v) is 13.1. The minimum atomic E-state index is -0.691. The van der Waals surface area contributed by atoms with Gasteiger partial charge in [-0.25, -0.2) is 0 Å². The predicted octanol–water partition coefficient (Wildman–Crippen LogP) is 2.82. The molecule has 4 heteroatoms. The van der Waals surface area contributed by atoms with Crippen LogP contribution in [0.2, 0.25) is 0 Å². The van der Waals surface area contributed by atoms with Crippen LogP contribution in [0.1, 0.15) is 44.6 Å². The molecule has 0 saturated carbocycles. The number of benzene rings is 1. The number of carbonyl (C=O) groups is 1. The van der Waals surface area contributed by atoms with E-state index in [9.17, 15) is 9.90 Å². The lowest BCUT2D eigenvalue weighted by Crippen LogP contribution is -2.35. The van der Waals surface area contributed by atoms with Crippen LogP contribution in [-0.2, 0) is 4.79 Å². The molecule has 0 fully saturated rings. The number of para-hydroxylation sites is 1. The fraction of sp³-hybridized carbons (Fsp3) is 0.588. The predicted molar refractivity (Wildman–Crippen MR) is 84.4 cm³/mol. The number of unbranched alkanes of at least 4 members (excludes halogenated alkanes) is 3. The van der Waals surface area contributed by atoms with Crippen LogP contribution in [0, 0.1) is 6.92 Å². The minimum Gasteiger partial charge on any atom is -0.491 e. The first-order valence-electron chi connectivity index (χ1n) is 7.76. The monoisotopic (exact) mass is 293 g/mol. The second-order valence-corrected chi connectivity index (χ2v) is 5.35. The van der Waals surface area contributed by atoms with E-state index in [4.69, 9.17) is 4.74 Å². The van der Waals surface area contributed by atoms with Crippen LogP contribution in [0.15, 0.2) is 24.3 Å². The number of rotatable bonds is 10. The Morgan fingerprint density at radius 1 is 1.29 bits per heavy atom. The quantitative estimate of drug-likeness (QED) is 0.652. The molecule has 21 heavy (non-hydrogen) atoms. The highest BCUT2D eigenvalue weighted by atomic mass is 16.5. The van der Waals surface area contributed by atoms with Crippen LogP contribution in [0.25, 0.3) is 0 Å². The maximum atomic E-state index is 11.6. The van der Waals surface area contributed by atoms with E-state index >= 15 is 0 Å². The summed E-state index contributed by atoms with van der Waals surface area (Å²) in [7, 11) is 0. The van der Waals surface area contributed by atoms with E-state index in [0.717, 1.165) is 30.6 Å². The number of ether oxygens (including phenoxy) is 1. The molecule has 1 aromatic carbocycles. The molecule has 0 aromatic heterocycles. The van der Waals surface area contributed by atoms with Gasteiger partial charge in [-0.2, -0.15) is 0 Å². The molecule has 0 heterocycles. The van der Waals surface area contributed by atoms with Gasteiger partial charge in [0.15, 0.2) is 0 Å². The van der Waals surface area contributed by atoms with Gasteiger partial charge in [0.25, 0.3) is 0 Å². The Bertz CT molecular complexity index is 420. The van der Waals surface area contributed by atoms with E-state index in [1.807, 2.05) is 31.2 Å². The minimum absolute atomic E-state index is 0.000967. The molecule has 0 aliphatic heterocycles. The Balaban J connectivity index is 2.15. The fourth-order valence-corrected chi connectivity index (χ4v) is 2.00. The van der Waals surface area contributed by atoms with Crippen molar-refractivity contribution in [1.29, 1.82) is 0 Å². The van der Waals surface area contributed by atoms with Gasteiger partial charge in [-0.15, -0.1) is 0 Å². The molecule has 0 aliphatic carbocycles. The van der Waals surface area contributed by atoms with Gasteiger partial charge >= 0.3 is 0 Å². The molecular weight excluding hydrogens is 266 g/mol. The summed E-state index contributed by atoms with van der Waals surface area (Å²) in [5.74, 6) is 0.767. The Hall–Kier alpha value is -1.55. The standard InChI is InChI=1S/C17H27NO3/c1-3-4-5-6-11-17(20)18-12-15(19)13-21-16-10-8-7-9-14(16)2/h7-10,15,19H,3-6,11-13H2,1-2H3,(H,18,20). The van der Waals surface area contributed by atoms with Crippen molar-refractivity contribution in [2.45, 2.75) is 52.1 Å². The summed E-state index contributed by atoms with van der Waals surface area (Å²) in [6, 6.07) is 7.67. The van der Waals surface area contributed by atoms with E-state index in [0.29, 0.717) is 6.42 Å². The highest BCUT2D eigenvalue weighted by Crippen LogP contribution is 2.16. The summed E-state index contributed by atoms with van der Waals surface area (Å²) in [5.41, 5.74) is 1.03. The summed E-state index contributed by atoms with van der Waals surface area (Å²) in [5, 5.41) is 12.6. The molecule has 4 nitrogen and oxygen atoms in total. The Morgan fingerprint density at radius 2 is 2.05 bits per heavy atom. The Labute approximate surface area is 127 Å². The smallest absolute Gasteiger partial charge is 0.220 e. The van der Waals surface area contributed by atoms with Crippen LogP contribution in [-0.4, -0.2) is 30.3 Å². The topological polar surface area (TPSA) is 58.6 Å². The molecule has 0 saturated heterocycles. The lowest BCUT2D eigenvalue weighted by atomic mass is 10.1. The number of hydrogen-bond donors (Lipinski definition) is 2. The number of hydrogen-bond acceptors (Lipinski definition) is 3. The van der Waals surface area contributed by atoms with Crippen LogP contribution in [0.3, 0.4) is 0 Å². The van der Waals surface area contributed by atoms with Crippen molar-refractivity contribution in [3.8, 4) is 5.75 Å². The Kier molecular flexibility index (Phi) is 8.51. The highest BCUT2D eigenvalue weighted by Gasteiger charge is 2.08. The van der Waals surface area contributed by atoms with Gasteiger partial charge < -0.3 is 15.2 Å². The lowest BCUT2D eigenvalue weighted by molar-refractivity contribution is -0.121. The zero-order chi connectivity index (χ0) is 15.5. The van der Waals surface area contributed by atoms with Crippen molar-refractivity contribution in [1.82, 2.24) is 5.32 Å². The van der Waals surface area contributed by atoms with Crippen LogP contribution < -0.4 is 10.1 Å². The maximum absolute atomic E-state index is 11.6. The van der Waals surface area contributed by atoms with E-state index < -0.39 is 6.10 Å². The number of amides is 1. The molecule has 1 amide bonds. The number of aliphatic hydroxyl groups is 1. The Morgan fingerprint density at radius 3 is 2.76 bits per heavy atom. The van der Waals surface area contributed by atoms with Gasteiger partial charge in [-0.3, -0.25) is 4.79 Å². The summed E-state index contributed by atoms with van der Waals surface area (Å²) >= 11 is 0. The highest BCUT2D eigenvalue weighted by molar-refractivity contribution is 5.75. The van der Waals surface area contributed by atoms with Gasteiger partial charge in [-0.1, -0.05) is 44.4 Å². The number of nitrogens with one attached hydrogen (secondary N) is 1. The average Bonchev–Trinajstić information content (AvgIpc) is 2.48. The van der Waals surface area contributed by atoms with E-state index in [-0.39, 0.29) is 19.1 Å². The first-order valence-corrected chi connectivity index (χ1v) is 7.76. The van der Waals surface area contributed by atoms with Crippen molar-refractivity contribution in [2.75, 3.05) is 13.2 Å². The molecule has 1 rings (SSSR count). The summed E-state index contributed by atoms with van der Waals surface area (Å²) in [4.78, 5) is 11.6. The van der Waals surface area contributed by atoms with Gasteiger partial charge in [-0.05, 0) is 25.0 Å². The van der Waals surface area contributed by atoms with E-state index in [1.54, 1.807) is 0 Å².